The standard InChI is InChI=1S/C10H15F3N4O2/c1-3-4-7-8(17(18)19)9(16(2)15-7)14-6-5-10(11,12)13/h14H,3-6H2,1-2H3. The summed E-state index contributed by atoms with van der Waals surface area (Å²) in [6.45, 7) is 1.42. The van der Waals surface area contributed by atoms with E-state index in [4.69, 9.17) is 0 Å². The van der Waals surface area contributed by atoms with Gasteiger partial charge in [-0.15, -0.1) is 0 Å². The van der Waals surface area contributed by atoms with Crippen molar-refractivity contribution in [2.45, 2.75) is 32.4 Å². The highest BCUT2D eigenvalue weighted by Crippen LogP contribution is 2.29. The van der Waals surface area contributed by atoms with Gasteiger partial charge in [-0.25, -0.2) is 4.68 Å². The summed E-state index contributed by atoms with van der Waals surface area (Å²) in [6.07, 6.45) is -4.28. The van der Waals surface area contributed by atoms with Crippen LogP contribution < -0.4 is 5.32 Å². The first kappa shape index (κ1) is 15.3. The maximum Gasteiger partial charge on any atom is 0.390 e. The Morgan fingerprint density at radius 3 is 2.58 bits per heavy atom. The molecule has 0 saturated heterocycles. The largest absolute Gasteiger partial charge is 0.390 e. The molecule has 1 aromatic rings. The Kier molecular flexibility index (Phi) is 4.73. The van der Waals surface area contributed by atoms with E-state index in [0.29, 0.717) is 12.8 Å². The minimum Gasteiger partial charge on any atom is -0.364 e. The number of nitrogens with one attached hydrogen (secondary N) is 1. The number of nitrogens with zero attached hydrogens (tertiary/aromatic N) is 3. The lowest BCUT2D eigenvalue weighted by Crippen LogP contribution is -2.16. The average Bonchev–Trinajstić information content (AvgIpc) is 2.54. The van der Waals surface area contributed by atoms with E-state index in [-0.39, 0.29) is 17.2 Å². The molecule has 1 N–H and O–H groups in total. The van der Waals surface area contributed by atoms with Crippen molar-refractivity contribution in [3.63, 3.8) is 0 Å². The van der Waals surface area contributed by atoms with Crippen LogP contribution in [0.1, 0.15) is 25.5 Å². The van der Waals surface area contributed by atoms with Crippen LogP contribution in [0, 0.1) is 10.1 Å². The summed E-state index contributed by atoms with van der Waals surface area (Å²) in [4.78, 5) is 10.4. The van der Waals surface area contributed by atoms with Crippen molar-refractivity contribution in [2.75, 3.05) is 11.9 Å². The summed E-state index contributed by atoms with van der Waals surface area (Å²) >= 11 is 0. The molecule has 0 radical (unpaired) electrons. The van der Waals surface area contributed by atoms with Gasteiger partial charge in [-0.05, 0) is 6.42 Å². The lowest BCUT2D eigenvalue weighted by atomic mass is 10.2. The van der Waals surface area contributed by atoms with Gasteiger partial charge in [-0.2, -0.15) is 18.3 Å². The molecule has 6 nitrogen and oxygen atoms in total. The molecule has 1 heterocycles. The summed E-state index contributed by atoms with van der Waals surface area (Å²) in [6, 6.07) is 0. The Hall–Kier alpha value is -1.80. The van der Waals surface area contributed by atoms with Gasteiger partial charge in [-0.3, -0.25) is 10.1 Å². The third kappa shape index (κ3) is 4.11. The summed E-state index contributed by atoms with van der Waals surface area (Å²) in [5.41, 5.74) is 0.0380. The molecule has 0 spiro atoms. The third-order valence-electron chi connectivity index (χ3n) is 2.46. The molecule has 0 unspecified atom stereocenters. The number of rotatable bonds is 6. The zero-order chi connectivity index (χ0) is 14.6. The fraction of sp³-hybridized carbons (Fsp3) is 0.700. The molecule has 0 amide bonds. The van der Waals surface area contributed by atoms with E-state index in [2.05, 4.69) is 10.4 Å². The number of anilines is 1. The second kappa shape index (κ2) is 5.89. The van der Waals surface area contributed by atoms with Crippen LogP contribution in [0.3, 0.4) is 0 Å². The zero-order valence-corrected chi connectivity index (χ0v) is 10.6. The van der Waals surface area contributed by atoms with Gasteiger partial charge in [0.15, 0.2) is 0 Å². The highest BCUT2D eigenvalue weighted by Gasteiger charge is 2.29. The van der Waals surface area contributed by atoms with E-state index >= 15 is 0 Å². The van der Waals surface area contributed by atoms with Gasteiger partial charge < -0.3 is 5.32 Å². The van der Waals surface area contributed by atoms with Crippen molar-refractivity contribution in [2.24, 2.45) is 7.05 Å². The number of halogens is 3. The molecule has 0 fully saturated rings. The molecule has 19 heavy (non-hydrogen) atoms. The van der Waals surface area contributed by atoms with Crippen LogP contribution in [0.4, 0.5) is 24.7 Å². The molecule has 0 bridgehead atoms. The summed E-state index contributed by atoms with van der Waals surface area (Å²) in [7, 11) is 1.46. The Balaban J connectivity index is 2.90. The van der Waals surface area contributed by atoms with E-state index < -0.39 is 24.1 Å². The van der Waals surface area contributed by atoms with Gasteiger partial charge in [0.2, 0.25) is 5.82 Å². The highest BCUT2D eigenvalue weighted by molar-refractivity contribution is 5.59. The van der Waals surface area contributed by atoms with E-state index in [9.17, 15) is 23.3 Å². The van der Waals surface area contributed by atoms with Gasteiger partial charge in [0.25, 0.3) is 0 Å². The monoisotopic (exact) mass is 280 g/mol. The smallest absolute Gasteiger partial charge is 0.364 e. The summed E-state index contributed by atoms with van der Waals surface area (Å²) in [5, 5.41) is 17.4. The van der Waals surface area contributed by atoms with Crippen molar-refractivity contribution >= 4 is 11.5 Å². The van der Waals surface area contributed by atoms with Crippen molar-refractivity contribution in [3.05, 3.63) is 15.8 Å². The fourth-order valence-electron chi connectivity index (χ4n) is 1.69. The van der Waals surface area contributed by atoms with Crippen LogP contribution in [0.25, 0.3) is 0 Å². The minimum absolute atomic E-state index is 0.0118. The van der Waals surface area contributed by atoms with Gasteiger partial charge in [0.05, 0.1) is 11.3 Å². The molecule has 0 aliphatic carbocycles. The SMILES string of the molecule is CCCc1nn(C)c(NCCC(F)(F)F)c1[N+](=O)[O-]. The lowest BCUT2D eigenvalue weighted by molar-refractivity contribution is -0.384. The zero-order valence-electron chi connectivity index (χ0n) is 10.6. The number of aromatic nitrogens is 2. The van der Waals surface area contributed by atoms with Gasteiger partial charge in [-0.1, -0.05) is 13.3 Å². The first-order valence-electron chi connectivity index (χ1n) is 5.77. The number of nitro groups is 1. The molecule has 0 saturated carbocycles. The lowest BCUT2D eigenvalue weighted by Gasteiger charge is -2.08. The second-order valence-electron chi connectivity index (χ2n) is 4.07. The second-order valence-corrected chi connectivity index (χ2v) is 4.07. The molecule has 9 heteroatoms. The predicted octanol–water partition coefficient (Wildman–Crippen LogP) is 2.65. The van der Waals surface area contributed by atoms with Gasteiger partial charge in [0.1, 0.15) is 5.69 Å². The third-order valence-corrected chi connectivity index (χ3v) is 2.46. The minimum atomic E-state index is -4.30. The van der Waals surface area contributed by atoms with E-state index in [1.165, 1.54) is 11.7 Å². The summed E-state index contributed by atoms with van der Waals surface area (Å²) in [5.74, 6) is 0.0118. The average molecular weight is 280 g/mol. The fourth-order valence-corrected chi connectivity index (χ4v) is 1.69. The van der Waals surface area contributed by atoms with E-state index in [1.807, 2.05) is 6.92 Å². The first-order chi connectivity index (χ1) is 8.76. The molecule has 1 aromatic heterocycles. The van der Waals surface area contributed by atoms with E-state index in [1.54, 1.807) is 0 Å². The molecule has 0 aromatic carbocycles. The normalized spacial score (nSPS) is 11.6. The van der Waals surface area contributed by atoms with E-state index in [0.717, 1.165) is 0 Å². The maximum absolute atomic E-state index is 12.0. The van der Waals surface area contributed by atoms with Crippen molar-refractivity contribution in [3.8, 4) is 0 Å². The van der Waals surface area contributed by atoms with Crippen LogP contribution in [0.5, 0.6) is 0 Å². The van der Waals surface area contributed by atoms with Crippen LogP contribution >= 0.6 is 0 Å². The Labute approximate surface area is 107 Å². The highest BCUT2D eigenvalue weighted by atomic mass is 19.4. The molecule has 108 valence electrons. The Morgan fingerprint density at radius 1 is 1.47 bits per heavy atom. The topological polar surface area (TPSA) is 73.0 Å². The van der Waals surface area contributed by atoms with Gasteiger partial charge >= 0.3 is 11.9 Å². The van der Waals surface area contributed by atoms with Crippen molar-refractivity contribution < 1.29 is 18.1 Å². The molecule has 0 aliphatic rings. The number of aryl methyl sites for hydroxylation is 2. The van der Waals surface area contributed by atoms with Crippen LogP contribution in [0.2, 0.25) is 0 Å². The van der Waals surface area contributed by atoms with Crippen molar-refractivity contribution in [1.29, 1.82) is 0 Å². The quantitative estimate of drug-likeness (QED) is 0.642. The first-order valence-corrected chi connectivity index (χ1v) is 5.77. The summed E-state index contributed by atoms with van der Waals surface area (Å²) < 4.78 is 37.4. The number of hydrogen-bond acceptors (Lipinski definition) is 4. The predicted molar refractivity (Wildman–Crippen MR) is 63.0 cm³/mol. The number of alkyl halides is 3. The van der Waals surface area contributed by atoms with Crippen molar-refractivity contribution in [1.82, 2.24) is 9.78 Å². The van der Waals surface area contributed by atoms with Crippen LogP contribution in [-0.4, -0.2) is 27.4 Å². The Bertz CT molecular complexity index is 456. The number of hydrogen-bond donors (Lipinski definition) is 1. The van der Waals surface area contributed by atoms with Crippen LogP contribution in [0.15, 0.2) is 0 Å². The maximum atomic E-state index is 12.0. The van der Waals surface area contributed by atoms with Crippen LogP contribution in [-0.2, 0) is 13.5 Å². The molecule has 0 atom stereocenters. The molecule has 1 rings (SSSR count). The molecule has 0 aliphatic heterocycles. The molecular weight excluding hydrogens is 265 g/mol. The van der Waals surface area contributed by atoms with Gasteiger partial charge in [0, 0.05) is 13.6 Å². The molecular formula is C10H15F3N4O2. The Morgan fingerprint density at radius 2 is 2.11 bits per heavy atom.